The Bertz CT molecular complexity index is 422. The molecule has 4 heteroatoms. The van der Waals surface area contributed by atoms with E-state index in [1.807, 2.05) is 31.0 Å². The maximum atomic E-state index is 12.4. The maximum Gasteiger partial charge on any atom is 0.254 e. The van der Waals surface area contributed by atoms with E-state index >= 15 is 0 Å². The molecule has 0 spiro atoms. The summed E-state index contributed by atoms with van der Waals surface area (Å²) in [4.78, 5) is 18.8. The molecule has 1 saturated heterocycles. The Kier molecular flexibility index (Phi) is 3.84. The summed E-state index contributed by atoms with van der Waals surface area (Å²) in [5, 5.41) is 3.01. The number of carbonyl (C=O) groups is 1. The molecular formula is C14H21N3O. The van der Waals surface area contributed by atoms with Crippen LogP contribution in [0.3, 0.4) is 0 Å². The van der Waals surface area contributed by atoms with Crippen LogP contribution in [0.25, 0.3) is 0 Å². The van der Waals surface area contributed by atoms with Gasteiger partial charge in [-0.25, -0.2) is 4.98 Å². The number of likely N-dealkylation sites (tertiary alicyclic amines) is 1. The third-order valence-corrected chi connectivity index (χ3v) is 3.45. The molecule has 1 unspecified atom stereocenters. The average molecular weight is 247 g/mol. The van der Waals surface area contributed by atoms with Gasteiger partial charge in [-0.05, 0) is 30.9 Å². The fourth-order valence-electron chi connectivity index (χ4n) is 2.32. The highest BCUT2D eigenvalue weighted by Crippen LogP contribution is 2.19. The van der Waals surface area contributed by atoms with Gasteiger partial charge in [0, 0.05) is 31.4 Å². The number of pyridine rings is 1. The van der Waals surface area contributed by atoms with Crippen molar-refractivity contribution in [2.45, 2.75) is 26.7 Å². The lowest BCUT2D eigenvalue weighted by molar-refractivity contribution is 0.0788. The average Bonchev–Trinajstić information content (AvgIpc) is 2.83. The fourth-order valence-corrected chi connectivity index (χ4v) is 2.32. The van der Waals surface area contributed by atoms with E-state index in [2.05, 4.69) is 17.2 Å². The normalized spacial score (nSPS) is 19.1. The van der Waals surface area contributed by atoms with Crippen LogP contribution in [0, 0.1) is 5.92 Å². The van der Waals surface area contributed by atoms with E-state index in [0.29, 0.717) is 5.92 Å². The van der Waals surface area contributed by atoms with Crippen molar-refractivity contribution in [3.8, 4) is 0 Å². The van der Waals surface area contributed by atoms with Crippen molar-refractivity contribution in [3.05, 3.63) is 23.4 Å². The quantitative estimate of drug-likeness (QED) is 0.890. The molecule has 1 atom stereocenters. The van der Waals surface area contributed by atoms with Gasteiger partial charge >= 0.3 is 0 Å². The van der Waals surface area contributed by atoms with Crippen LogP contribution in [0.15, 0.2) is 12.1 Å². The van der Waals surface area contributed by atoms with Gasteiger partial charge in [0.2, 0.25) is 0 Å². The van der Waals surface area contributed by atoms with E-state index in [-0.39, 0.29) is 5.91 Å². The van der Waals surface area contributed by atoms with E-state index in [9.17, 15) is 4.79 Å². The number of anilines is 1. The van der Waals surface area contributed by atoms with Gasteiger partial charge in [0.15, 0.2) is 0 Å². The van der Waals surface area contributed by atoms with Gasteiger partial charge < -0.3 is 10.2 Å². The Balaban J connectivity index is 2.24. The second-order valence-corrected chi connectivity index (χ2v) is 4.98. The molecule has 4 nitrogen and oxygen atoms in total. The number of rotatable bonds is 3. The van der Waals surface area contributed by atoms with Crippen LogP contribution in [0.5, 0.6) is 0 Å². The topological polar surface area (TPSA) is 45.2 Å². The highest BCUT2D eigenvalue weighted by atomic mass is 16.2. The van der Waals surface area contributed by atoms with Crippen molar-refractivity contribution in [2.75, 3.05) is 25.5 Å². The number of hydrogen-bond donors (Lipinski definition) is 1. The third kappa shape index (κ3) is 2.63. The molecule has 18 heavy (non-hydrogen) atoms. The molecule has 0 aromatic carbocycles. The summed E-state index contributed by atoms with van der Waals surface area (Å²) in [6.07, 6.45) is 1.95. The number of carbonyl (C=O) groups excluding carboxylic acids is 1. The Morgan fingerprint density at radius 1 is 1.56 bits per heavy atom. The molecule has 1 aliphatic rings. The molecule has 1 amide bonds. The second kappa shape index (κ2) is 5.38. The van der Waals surface area contributed by atoms with Crippen molar-refractivity contribution >= 4 is 11.7 Å². The van der Waals surface area contributed by atoms with Gasteiger partial charge in [-0.1, -0.05) is 13.8 Å². The Hall–Kier alpha value is -1.58. The first-order chi connectivity index (χ1) is 8.63. The first-order valence-electron chi connectivity index (χ1n) is 6.62. The molecule has 1 aromatic heterocycles. The highest BCUT2D eigenvalue weighted by Gasteiger charge is 2.24. The highest BCUT2D eigenvalue weighted by molar-refractivity contribution is 5.95. The molecule has 98 valence electrons. The van der Waals surface area contributed by atoms with Gasteiger partial charge in [0.25, 0.3) is 5.91 Å². The monoisotopic (exact) mass is 247 g/mol. The molecule has 0 radical (unpaired) electrons. The van der Waals surface area contributed by atoms with Crippen LogP contribution in [0.4, 0.5) is 5.82 Å². The van der Waals surface area contributed by atoms with Gasteiger partial charge in [-0.15, -0.1) is 0 Å². The molecule has 1 N–H and O–H groups in total. The van der Waals surface area contributed by atoms with Crippen molar-refractivity contribution < 1.29 is 4.79 Å². The summed E-state index contributed by atoms with van der Waals surface area (Å²) >= 11 is 0. The zero-order valence-electron chi connectivity index (χ0n) is 11.4. The zero-order valence-corrected chi connectivity index (χ0v) is 11.4. The Labute approximate surface area is 108 Å². The van der Waals surface area contributed by atoms with Crippen LogP contribution >= 0.6 is 0 Å². The molecule has 2 heterocycles. The molecule has 1 fully saturated rings. The number of amides is 1. The smallest absolute Gasteiger partial charge is 0.254 e. The van der Waals surface area contributed by atoms with E-state index in [0.717, 1.165) is 43.0 Å². The van der Waals surface area contributed by atoms with Crippen molar-refractivity contribution in [1.82, 2.24) is 9.88 Å². The molecule has 2 rings (SSSR count). The van der Waals surface area contributed by atoms with Crippen molar-refractivity contribution in [3.63, 3.8) is 0 Å². The minimum atomic E-state index is 0.132. The minimum absolute atomic E-state index is 0.132. The zero-order chi connectivity index (χ0) is 13.1. The first kappa shape index (κ1) is 12.9. The van der Waals surface area contributed by atoms with Crippen molar-refractivity contribution in [2.24, 2.45) is 5.92 Å². The largest absolute Gasteiger partial charge is 0.373 e. The van der Waals surface area contributed by atoms with E-state index in [4.69, 9.17) is 0 Å². The first-order valence-corrected chi connectivity index (χ1v) is 6.62. The van der Waals surface area contributed by atoms with Crippen LogP contribution < -0.4 is 5.32 Å². The van der Waals surface area contributed by atoms with Gasteiger partial charge in [-0.3, -0.25) is 4.79 Å². The lowest BCUT2D eigenvalue weighted by Gasteiger charge is -2.17. The molecule has 0 bridgehead atoms. The summed E-state index contributed by atoms with van der Waals surface area (Å²) in [6.45, 7) is 5.99. The van der Waals surface area contributed by atoms with Crippen molar-refractivity contribution in [1.29, 1.82) is 0 Å². The molecule has 0 aliphatic carbocycles. The third-order valence-electron chi connectivity index (χ3n) is 3.45. The van der Waals surface area contributed by atoms with Crippen LogP contribution in [0.2, 0.25) is 0 Å². The SMILES string of the molecule is CCc1cc(C(=O)N2CCC(C)C2)cc(NC)n1. The van der Waals surface area contributed by atoms with Crippen LogP contribution in [0.1, 0.15) is 36.3 Å². The number of aromatic nitrogens is 1. The minimum Gasteiger partial charge on any atom is -0.373 e. The standard InChI is InChI=1S/C14H21N3O/c1-4-12-7-11(8-13(15-3)16-12)14(18)17-6-5-10(2)9-17/h7-8,10H,4-6,9H2,1-3H3,(H,15,16). The summed E-state index contributed by atoms with van der Waals surface area (Å²) in [6, 6.07) is 3.75. The molecule has 0 saturated carbocycles. The van der Waals surface area contributed by atoms with Crippen LogP contribution in [-0.2, 0) is 6.42 Å². The lowest BCUT2D eigenvalue weighted by Crippen LogP contribution is -2.28. The van der Waals surface area contributed by atoms with E-state index in [1.165, 1.54) is 0 Å². The van der Waals surface area contributed by atoms with E-state index in [1.54, 1.807) is 0 Å². The Morgan fingerprint density at radius 3 is 2.89 bits per heavy atom. The molecular weight excluding hydrogens is 226 g/mol. The molecule has 1 aliphatic heterocycles. The second-order valence-electron chi connectivity index (χ2n) is 4.98. The summed E-state index contributed by atoms with van der Waals surface area (Å²) in [5.74, 6) is 1.52. The summed E-state index contributed by atoms with van der Waals surface area (Å²) in [5.41, 5.74) is 1.71. The summed E-state index contributed by atoms with van der Waals surface area (Å²) in [7, 11) is 1.83. The number of nitrogens with one attached hydrogen (secondary N) is 1. The number of nitrogens with zero attached hydrogens (tertiary/aromatic N) is 2. The molecule has 1 aromatic rings. The Morgan fingerprint density at radius 2 is 2.33 bits per heavy atom. The maximum absolute atomic E-state index is 12.4. The fraction of sp³-hybridized carbons (Fsp3) is 0.571. The van der Waals surface area contributed by atoms with E-state index < -0.39 is 0 Å². The van der Waals surface area contributed by atoms with Gasteiger partial charge in [0.05, 0.1) is 0 Å². The van der Waals surface area contributed by atoms with Crippen LogP contribution in [-0.4, -0.2) is 35.9 Å². The predicted molar refractivity (Wildman–Crippen MR) is 72.8 cm³/mol. The predicted octanol–water partition coefficient (Wildman–Crippen LogP) is 2.17. The van der Waals surface area contributed by atoms with Gasteiger partial charge in [0.1, 0.15) is 5.82 Å². The summed E-state index contributed by atoms with van der Waals surface area (Å²) < 4.78 is 0. The lowest BCUT2D eigenvalue weighted by atomic mass is 10.1. The van der Waals surface area contributed by atoms with Gasteiger partial charge in [-0.2, -0.15) is 0 Å². The number of hydrogen-bond acceptors (Lipinski definition) is 3. The number of aryl methyl sites for hydroxylation is 1.